The average Bonchev–Trinajstić information content (AvgIpc) is 3.86. The Balaban J connectivity index is 1.17. The van der Waals surface area contributed by atoms with Crippen LogP contribution in [0.15, 0.2) is 176 Å². The maximum absolute atomic E-state index is 5.06. The third-order valence-electron chi connectivity index (χ3n) is 9.50. The second-order valence-electron chi connectivity index (χ2n) is 12.3. The molecule has 0 saturated heterocycles. The van der Waals surface area contributed by atoms with Crippen molar-refractivity contribution < 1.29 is 0 Å². The van der Waals surface area contributed by atoms with E-state index in [4.69, 9.17) is 10.1 Å². The van der Waals surface area contributed by atoms with Crippen molar-refractivity contribution in [2.75, 3.05) is 0 Å². The van der Waals surface area contributed by atoms with Crippen LogP contribution in [0.25, 0.3) is 83.4 Å². The van der Waals surface area contributed by atoms with Gasteiger partial charge in [0.05, 0.1) is 27.8 Å². The highest BCUT2D eigenvalue weighted by atomic mass is 15.4. The van der Waals surface area contributed by atoms with Crippen LogP contribution in [0.1, 0.15) is 0 Å². The molecular formula is C44H29N5. The highest BCUT2D eigenvalue weighted by molar-refractivity contribution is 6.11. The van der Waals surface area contributed by atoms with E-state index in [2.05, 4.69) is 149 Å². The molecule has 0 saturated carbocycles. The fourth-order valence-electron chi connectivity index (χ4n) is 7.32. The lowest BCUT2D eigenvalue weighted by Gasteiger charge is -2.13. The minimum atomic E-state index is 0.698. The van der Waals surface area contributed by atoms with E-state index in [1.165, 1.54) is 27.2 Å². The first-order chi connectivity index (χ1) is 24.3. The summed E-state index contributed by atoms with van der Waals surface area (Å²) in [5.41, 5.74) is 9.88. The maximum Gasteiger partial charge on any atom is 0.182 e. The smallest absolute Gasteiger partial charge is 0.182 e. The van der Waals surface area contributed by atoms with Crippen molar-refractivity contribution in [3.63, 3.8) is 0 Å². The minimum Gasteiger partial charge on any atom is -0.309 e. The summed E-state index contributed by atoms with van der Waals surface area (Å²) in [6.07, 6.45) is 0. The molecule has 0 atom stereocenters. The number of aromatic nitrogens is 5. The number of nitrogens with zero attached hydrogens (tertiary/aromatic N) is 5. The highest BCUT2D eigenvalue weighted by Crippen LogP contribution is 2.37. The summed E-state index contributed by atoms with van der Waals surface area (Å²) in [5, 5.41) is 9.92. The second kappa shape index (κ2) is 10.9. The zero-order chi connectivity index (χ0) is 32.3. The zero-order valence-electron chi connectivity index (χ0n) is 26.5. The van der Waals surface area contributed by atoms with Crippen molar-refractivity contribution in [1.82, 2.24) is 23.9 Å². The normalized spacial score (nSPS) is 11.7. The molecule has 0 aliphatic rings. The fraction of sp³-hybridized carbons (Fsp3) is 0. The summed E-state index contributed by atoms with van der Waals surface area (Å²) in [7, 11) is 0. The molecule has 0 N–H and O–H groups in total. The van der Waals surface area contributed by atoms with Gasteiger partial charge in [0.15, 0.2) is 11.6 Å². The van der Waals surface area contributed by atoms with Gasteiger partial charge in [-0.3, -0.25) is 0 Å². The van der Waals surface area contributed by atoms with E-state index in [0.717, 1.165) is 50.4 Å². The molecule has 0 bridgehead atoms. The van der Waals surface area contributed by atoms with E-state index in [1.807, 2.05) is 41.1 Å². The van der Waals surface area contributed by atoms with Crippen LogP contribution in [0.2, 0.25) is 0 Å². The quantitative estimate of drug-likeness (QED) is 0.190. The van der Waals surface area contributed by atoms with E-state index < -0.39 is 0 Å². The number of benzene rings is 7. The van der Waals surface area contributed by atoms with Gasteiger partial charge in [-0.05, 0) is 54.6 Å². The first-order valence-corrected chi connectivity index (χ1v) is 16.5. The van der Waals surface area contributed by atoms with Crippen LogP contribution >= 0.6 is 0 Å². The Morgan fingerprint density at radius 3 is 1.43 bits per heavy atom. The molecule has 5 nitrogen and oxygen atoms in total. The summed E-state index contributed by atoms with van der Waals surface area (Å²) in [6.45, 7) is 0. The number of para-hydroxylation sites is 3. The van der Waals surface area contributed by atoms with E-state index in [1.54, 1.807) is 0 Å². The van der Waals surface area contributed by atoms with Crippen LogP contribution in [-0.4, -0.2) is 23.9 Å². The molecule has 0 aliphatic carbocycles. The molecule has 7 aromatic carbocycles. The van der Waals surface area contributed by atoms with Crippen molar-refractivity contribution in [3.8, 4) is 39.8 Å². The van der Waals surface area contributed by atoms with Crippen molar-refractivity contribution in [3.05, 3.63) is 176 Å². The van der Waals surface area contributed by atoms with E-state index in [-0.39, 0.29) is 0 Å². The lowest BCUT2D eigenvalue weighted by molar-refractivity contribution is 0.892. The Morgan fingerprint density at radius 2 is 0.837 bits per heavy atom. The third kappa shape index (κ3) is 4.33. The largest absolute Gasteiger partial charge is 0.309 e. The number of rotatable bonds is 5. The van der Waals surface area contributed by atoms with Gasteiger partial charge in [-0.15, -0.1) is 5.10 Å². The molecule has 0 aliphatic heterocycles. The van der Waals surface area contributed by atoms with Gasteiger partial charge in [-0.2, -0.15) is 0 Å². The number of fused-ring (bicyclic) bond motifs is 6. The third-order valence-corrected chi connectivity index (χ3v) is 9.50. The van der Waals surface area contributed by atoms with Crippen LogP contribution < -0.4 is 0 Å². The maximum atomic E-state index is 5.06. The predicted molar refractivity (Wildman–Crippen MR) is 201 cm³/mol. The van der Waals surface area contributed by atoms with Crippen molar-refractivity contribution in [2.45, 2.75) is 0 Å². The van der Waals surface area contributed by atoms with Gasteiger partial charge >= 0.3 is 0 Å². The lowest BCUT2D eigenvalue weighted by Crippen LogP contribution is -2.00. The van der Waals surface area contributed by atoms with Crippen LogP contribution in [0.4, 0.5) is 0 Å². The SMILES string of the molecule is c1ccc(-c2nc(-c3ccccc3)n(-c3ccc4c(c3)c3ccccc3n4-c3cccc(-n4c5ccccc5c5ccccc54)c3)n2)cc1. The van der Waals surface area contributed by atoms with Crippen LogP contribution in [0.3, 0.4) is 0 Å². The molecular weight excluding hydrogens is 599 g/mol. The van der Waals surface area contributed by atoms with Gasteiger partial charge in [0, 0.05) is 44.0 Å². The Bertz CT molecular complexity index is 2770. The van der Waals surface area contributed by atoms with E-state index in [9.17, 15) is 0 Å². The fourth-order valence-corrected chi connectivity index (χ4v) is 7.32. The lowest BCUT2D eigenvalue weighted by atomic mass is 10.1. The summed E-state index contributed by atoms with van der Waals surface area (Å²) < 4.78 is 6.73. The van der Waals surface area contributed by atoms with Crippen LogP contribution in [0, 0.1) is 0 Å². The Hall–Kier alpha value is -6.72. The molecule has 0 amide bonds. The zero-order valence-corrected chi connectivity index (χ0v) is 26.5. The first kappa shape index (κ1) is 27.4. The molecule has 3 heterocycles. The minimum absolute atomic E-state index is 0.698. The summed E-state index contributed by atoms with van der Waals surface area (Å²) >= 11 is 0. The van der Waals surface area contributed by atoms with Gasteiger partial charge in [0.2, 0.25) is 0 Å². The Labute approximate surface area is 282 Å². The van der Waals surface area contributed by atoms with Gasteiger partial charge in [-0.1, -0.05) is 121 Å². The van der Waals surface area contributed by atoms with Crippen molar-refractivity contribution >= 4 is 43.6 Å². The molecule has 0 unspecified atom stereocenters. The summed E-state index contributed by atoms with van der Waals surface area (Å²) in [4.78, 5) is 5.04. The molecule has 230 valence electrons. The standard InChI is InChI=1S/C44H29N5/c1-3-14-30(15-4-1)43-45-44(31-16-5-2-6-17-31)49(46-43)34-26-27-42-38(29-34)37-22-9-12-25-41(37)48(42)33-19-13-18-32(28-33)47-39-23-10-7-20-35(39)36-21-8-11-24-40(36)47/h1-29H. The van der Waals surface area contributed by atoms with Crippen molar-refractivity contribution in [2.24, 2.45) is 0 Å². The molecule has 0 radical (unpaired) electrons. The number of hydrogen-bond acceptors (Lipinski definition) is 2. The van der Waals surface area contributed by atoms with Gasteiger partial charge in [-0.25, -0.2) is 9.67 Å². The Morgan fingerprint density at radius 1 is 0.347 bits per heavy atom. The molecule has 49 heavy (non-hydrogen) atoms. The van der Waals surface area contributed by atoms with E-state index in [0.29, 0.717) is 5.82 Å². The highest BCUT2D eigenvalue weighted by Gasteiger charge is 2.19. The van der Waals surface area contributed by atoms with Gasteiger partial charge in [0.1, 0.15) is 0 Å². The molecule has 10 aromatic rings. The van der Waals surface area contributed by atoms with Crippen molar-refractivity contribution in [1.29, 1.82) is 0 Å². The van der Waals surface area contributed by atoms with E-state index >= 15 is 0 Å². The van der Waals surface area contributed by atoms with Gasteiger partial charge < -0.3 is 9.13 Å². The molecule has 5 heteroatoms. The Kier molecular flexibility index (Phi) is 6.11. The van der Waals surface area contributed by atoms with Gasteiger partial charge in [0.25, 0.3) is 0 Å². The second-order valence-corrected chi connectivity index (χ2v) is 12.3. The predicted octanol–water partition coefficient (Wildman–Crippen LogP) is 10.8. The van der Waals surface area contributed by atoms with Crippen LogP contribution in [-0.2, 0) is 0 Å². The summed E-state index contributed by atoms with van der Waals surface area (Å²) in [5.74, 6) is 1.50. The molecule has 3 aromatic heterocycles. The van der Waals surface area contributed by atoms with Crippen LogP contribution in [0.5, 0.6) is 0 Å². The molecule has 0 spiro atoms. The monoisotopic (exact) mass is 627 g/mol. The summed E-state index contributed by atoms with van der Waals surface area (Å²) in [6, 6.07) is 61.9. The number of hydrogen-bond donors (Lipinski definition) is 0. The topological polar surface area (TPSA) is 40.6 Å². The first-order valence-electron chi connectivity index (χ1n) is 16.5. The average molecular weight is 628 g/mol. The molecule has 0 fully saturated rings. The molecule has 10 rings (SSSR count).